The number of pyridine rings is 1. The first kappa shape index (κ1) is 11.3. The van der Waals surface area contributed by atoms with Gasteiger partial charge < -0.3 is 5.73 Å². The summed E-state index contributed by atoms with van der Waals surface area (Å²) in [4.78, 5) is 19.5. The Morgan fingerprint density at radius 2 is 2.29 bits per heavy atom. The number of rotatable bonds is 2. The molecule has 2 heterocycles. The third-order valence-electron chi connectivity index (χ3n) is 2.07. The van der Waals surface area contributed by atoms with E-state index >= 15 is 0 Å². The fourth-order valence-corrected chi connectivity index (χ4v) is 1.32. The third kappa shape index (κ3) is 2.34. The van der Waals surface area contributed by atoms with Gasteiger partial charge in [-0.3, -0.25) is 10.1 Å². The zero-order valence-electron chi connectivity index (χ0n) is 8.88. The Balaban J connectivity index is 2.20. The minimum absolute atomic E-state index is 0.182. The first-order valence-corrected chi connectivity index (χ1v) is 5.02. The molecule has 0 fully saturated rings. The van der Waals surface area contributed by atoms with Crippen molar-refractivity contribution in [3.8, 4) is 0 Å². The van der Waals surface area contributed by atoms with Crippen LogP contribution in [0, 0.1) is 0 Å². The second kappa shape index (κ2) is 4.38. The zero-order chi connectivity index (χ0) is 12.4. The Kier molecular flexibility index (Phi) is 2.92. The van der Waals surface area contributed by atoms with Gasteiger partial charge in [-0.2, -0.15) is 10.1 Å². The molecule has 0 unspecified atom stereocenters. The molecule has 0 aliphatic carbocycles. The normalized spacial score (nSPS) is 10.2. The molecule has 17 heavy (non-hydrogen) atoms. The lowest BCUT2D eigenvalue weighted by Crippen LogP contribution is -2.15. The van der Waals surface area contributed by atoms with Crippen LogP contribution < -0.4 is 11.1 Å². The maximum absolute atomic E-state index is 11.8. The minimum Gasteiger partial charge on any atom is -0.382 e. The Bertz CT molecular complexity index is 566. The summed E-state index contributed by atoms with van der Waals surface area (Å²) < 4.78 is 1.43. The highest BCUT2D eigenvalue weighted by molar-refractivity contribution is 6.33. The summed E-state index contributed by atoms with van der Waals surface area (Å²) in [5, 5.41) is 6.62. The zero-order valence-corrected chi connectivity index (χ0v) is 9.64. The van der Waals surface area contributed by atoms with E-state index < -0.39 is 0 Å². The van der Waals surface area contributed by atoms with Crippen LogP contribution in [0.4, 0.5) is 11.8 Å². The van der Waals surface area contributed by atoms with Crippen LogP contribution in [0.15, 0.2) is 18.6 Å². The Labute approximate surface area is 102 Å². The number of anilines is 2. The van der Waals surface area contributed by atoms with E-state index in [4.69, 9.17) is 17.3 Å². The number of halogens is 1. The van der Waals surface area contributed by atoms with Crippen LogP contribution in [0.3, 0.4) is 0 Å². The quantitative estimate of drug-likeness (QED) is 0.820. The fraction of sp³-hybridized carbons (Fsp3) is 0.111. The number of nitrogens with zero attached hydrogens (tertiary/aromatic N) is 4. The topological polar surface area (TPSA) is 98.7 Å². The van der Waals surface area contributed by atoms with Crippen molar-refractivity contribution in [2.45, 2.75) is 0 Å². The molecule has 7 nitrogen and oxygen atoms in total. The van der Waals surface area contributed by atoms with Gasteiger partial charge in [0.05, 0.1) is 10.6 Å². The third-order valence-corrected chi connectivity index (χ3v) is 2.37. The van der Waals surface area contributed by atoms with Crippen LogP contribution >= 0.6 is 11.6 Å². The van der Waals surface area contributed by atoms with Gasteiger partial charge in [-0.1, -0.05) is 11.6 Å². The number of nitrogens with two attached hydrogens (primary N) is 1. The van der Waals surface area contributed by atoms with Crippen molar-refractivity contribution in [1.29, 1.82) is 0 Å². The van der Waals surface area contributed by atoms with Crippen LogP contribution in [0.2, 0.25) is 5.02 Å². The van der Waals surface area contributed by atoms with E-state index in [2.05, 4.69) is 20.4 Å². The molecule has 0 saturated carbocycles. The van der Waals surface area contributed by atoms with E-state index in [0.29, 0.717) is 11.5 Å². The standard InChI is InChI=1S/C9H9ClN6O/c1-16-9(13-4-14-16)15-8(17)5-2-6(10)7(11)12-3-5/h2-4H,1H3,(H2,11,12)(H,13,14,15,17). The molecule has 0 aliphatic rings. The van der Waals surface area contributed by atoms with E-state index in [9.17, 15) is 4.79 Å². The average Bonchev–Trinajstić information content (AvgIpc) is 2.68. The van der Waals surface area contributed by atoms with Gasteiger partial charge in [0.25, 0.3) is 5.91 Å². The maximum Gasteiger partial charge on any atom is 0.259 e. The largest absolute Gasteiger partial charge is 0.382 e. The molecule has 0 bridgehead atoms. The molecule has 0 aromatic carbocycles. The lowest BCUT2D eigenvalue weighted by atomic mass is 10.2. The van der Waals surface area contributed by atoms with Crippen molar-refractivity contribution >= 4 is 29.3 Å². The van der Waals surface area contributed by atoms with Crippen molar-refractivity contribution in [2.24, 2.45) is 7.05 Å². The van der Waals surface area contributed by atoms with Gasteiger partial charge in [0.15, 0.2) is 0 Å². The lowest BCUT2D eigenvalue weighted by molar-refractivity contribution is 0.102. The summed E-state index contributed by atoms with van der Waals surface area (Å²) >= 11 is 5.77. The molecule has 0 radical (unpaired) electrons. The van der Waals surface area contributed by atoms with Crippen molar-refractivity contribution in [3.05, 3.63) is 29.2 Å². The molecule has 88 valence electrons. The number of carbonyl (C=O) groups excluding carboxylic acids is 1. The molecule has 0 atom stereocenters. The minimum atomic E-state index is -0.379. The molecule has 2 aromatic rings. The van der Waals surface area contributed by atoms with E-state index in [0.717, 1.165) is 0 Å². The molecule has 3 N–H and O–H groups in total. The number of amides is 1. The summed E-state index contributed by atoms with van der Waals surface area (Å²) in [6, 6.07) is 1.44. The molecule has 2 aromatic heterocycles. The number of aromatic nitrogens is 4. The molecular weight excluding hydrogens is 244 g/mol. The lowest BCUT2D eigenvalue weighted by Gasteiger charge is -2.04. The first-order valence-electron chi connectivity index (χ1n) is 4.64. The Hall–Kier alpha value is -2.15. The van der Waals surface area contributed by atoms with Crippen LogP contribution in [-0.4, -0.2) is 25.7 Å². The van der Waals surface area contributed by atoms with E-state index in [-0.39, 0.29) is 16.7 Å². The SMILES string of the molecule is Cn1ncnc1NC(=O)c1cnc(N)c(Cl)c1. The Morgan fingerprint density at radius 3 is 2.88 bits per heavy atom. The van der Waals surface area contributed by atoms with Gasteiger partial charge >= 0.3 is 0 Å². The predicted octanol–water partition coefficient (Wildman–Crippen LogP) is 0.698. The molecule has 1 amide bonds. The van der Waals surface area contributed by atoms with Gasteiger partial charge in [0.1, 0.15) is 12.1 Å². The summed E-state index contributed by atoms with van der Waals surface area (Å²) in [6.45, 7) is 0. The molecule has 0 spiro atoms. The van der Waals surface area contributed by atoms with E-state index in [1.54, 1.807) is 7.05 Å². The monoisotopic (exact) mass is 252 g/mol. The molecule has 0 saturated heterocycles. The van der Waals surface area contributed by atoms with Gasteiger partial charge in [0, 0.05) is 13.2 Å². The summed E-state index contributed by atoms with van der Waals surface area (Å²) in [5.74, 6) is 0.139. The van der Waals surface area contributed by atoms with Crippen molar-refractivity contribution in [1.82, 2.24) is 19.7 Å². The van der Waals surface area contributed by atoms with E-state index in [1.165, 1.54) is 23.3 Å². The second-order valence-electron chi connectivity index (χ2n) is 3.25. The van der Waals surface area contributed by atoms with Crippen LogP contribution in [0.25, 0.3) is 0 Å². The van der Waals surface area contributed by atoms with Crippen molar-refractivity contribution < 1.29 is 4.79 Å². The number of hydrogen-bond donors (Lipinski definition) is 2. The van der Waals surface area contributed by atoms with Gasteiger partial charge in [-0.05, 0) is 6.07 Å². The number of carbonyl (C=O) groups is 1. The van der Waals surface area contributed by atoms with Crippen LogP contribution in [-0.2, 0) is 7.05 Å². The van der Waals surface area contributed by atoms with Crippen molar-refractivity contribution in [3.63, 3.8) is 0 Å². The molecule has 8 heteroatoms. The van der Waals surface area contributed by atoms with Crippen LogP contribution in [0.5, 0.6) is 0 Å². The number of nitrogen functional groups attached to an aromatic ring is 1. The highest BCUT2D eigenvalue weighted by Crippen LogP contribution is 2.17. The summed E-state index contributed by atoms with van der Waals surface area (Å²) in [5.41, 5.74) is 5.75. The summed E-state index contributed by atoms with van der Waals surface area (Å²) in [7, 11) is 1.66. The Morgan fingerprint density at radius 1 is 1.53 bits per heavy atom. The molecule has 2 rings (SSSR count). The first-order chi connectivity index (χ1) is 8.08. The van der Waals surface area contributed by atoms with Gasteiger partial charge in [0.2, 0.25) is 5.95 Å². The maximum atomic E-state index is 11.8. The summed E-state index contributed by atoms with van der Waals surface area (Å²) in [6.07, 6.45) is 2.68. The van der Waals surface area contributed by atoms with Crippen molar-refractivity contribution in [2.75, 3.05) is 11.1 Å². The smallest absolute Gasteiger partial charge is 0.259 e. The number of aryl methyl sites for hydroxylation is 1. The fourth-order valence-electron chi connectivity index (χ4n) is 1.16. The molecule has 0 aliphatic heterocycles. The molecular formula is C9H9ClN6O. The average molecular weight is 253 g/mol. The number of hydrogen-bond acceptors (Lipinski definition) is 5. The second-order valence-corrected chi connectivity index (χ2v) is 3.66. The van der Waals surface area contributed by atoms with Gasteiger partial charge in [-0.25, -0.2) is 9.67 Å². The van der Waals surface area contributed by atoms with Crippen LogP contribution in [0.1, 0.15) is 10.4 Å². The number of nitrogens with one attached hydrogen (secondary N) is 1. The highest BCUT2D eigenvalue weighted by atomic mass is 35.5. The van der Waals surface area contributed by atoms with Gasteiger partial charge in [-0.15, -0.1) is 0 Å². The highest BCUT2D eigenvalue weighted by Gasteiger charge is 2.11. The predicted molar refractivity (Wildman–Crippen MR) is 62.6 cm³/mol. The van der Waals surface area contributed by atoms with E-state index in [1.807, 2.05) is 0 Å².